The van der Waals surface area contributed by atoms with Crippen molar-refractivity contribution in [3.8, 4) is 11.4 Å². The van der Waals surface area contributed by atoms with Gasteiger partial charge in [0.05, 0.1) is 35.9 Å². The molecule has 2 aromatic heterocycles. The number of carboxylic acids is 2. The maximum absolute atomic E-state index is 13.4. The van der Waals surface area contributed by atoms with Gasteiger partial charge in [0.15, 0.2) is 5.82 Å². The quantitative estimate of drug-likeness (QED) is 0.470. The Morgan fingerprint density at radius 3 is 1.91 bits per heavy atom. The van der Waals surface area contributed by atoms with Crippen molar-refractivity contribution < 1.29 is 24.2 Å². The first-order chi connectivity index (χ1) is 15.4. The van der Waals surface area contributed by atoms with E-state index < -0.39 is 17.8 Å². The van der Waals surface area contributed by atoms with Gasteiger partial charge in [0.1, 0.15) is 11.4 Å². The molecule has 0 saturated carbocycles. The zero-order valence-corrected chi connectivity index (χ0v) is 17.7. The lowest BCUT2D eigenvalue weighted by molar-refractivity contribution is 0.0685. The minimum absolute atomic E-state index is 0.107. The Morgan fingerprint density at radius 2 is 1.38 bits per heavy atom. The van der Waals surface area contributed by atoms with Gasteiger partial charge < -0.3 is 10.2 Å². The van der Waals surface area contributed by atoms with E-state index in [9.17, 15) is 14.0 Å². The van der Waals surface area contributed by atoms with Crippen LogP contribution in [-0.4, -0.2) is 52.1 Å². The highest BCUT2D eigenvalue weighted by Crippen LogP contribution is 2.19. The number of aromatic carboxylic acids is 2. The summed E-state index contributed by atoms with van der Waals surface area (Å²) in [5.74, 6) is -2.94. The molecule has 2 N–H and O–H groups in total. The summed E-state index contributed by atoms with van der Waals surface area (Å²) in [6.07, 6.45) is 5.62. The average Bonchev–Trinajstić information content (AvgIpc) is 3.49. The number of hydrogen-bond acceptors (Lipinski definition) is 6. The summed E-state index contributed by atoms with van der Waals surface area (Å²) in [6, 6.07) is 8.22. The number of aromatic nitrogens is 6. The Hall–Kier alpha value is -4.12. The van der Waals surface area contributed by atoms with Gasteiger partial charge in [-0.3, -0.25) is 0 Å². The largest absolute Gasteiger partial charge is 0.478 e. The molecule has 0 amide bonds. The van der Waals surface area contributed by atoms with Crippen LogP contribution in [0.5, 0.6) is 0 Å². The van der Waals surface area contributed by atoms with Crippen LogP contribution in [-0.2, 0) is 0 Å². The number of carbonyl (C=O) groups is 2. The van der Waals surface area contributed by atoms with Gasteiger partial charge >= 0.3 is 11.9 Å². The first-order valence-corrected chi connectivity index (χ1v) is 9.54. The minimum Gasteiger partial charge on any atom is -0.478 e. The monoisotopic (exact) mass is 460 g/mol. The Morgan fingerprint density at radius 1 is 0.844 bits per heavy atom. The molecule has 0 atom stereocenters. The third-order valence-corrected chi connectivity index (χ3v) is 3.90. The maximum atomic E-state index is 13.4. The van der Waals surface area contributed by atoms with E-state index in [1.54, 1.807) is 0 Å². The maximum Gasteiger partial charge on any atom is 0.338 e. The lowest BCUT2D eigenvalue weighted by atomic mass is 10.2. The summed E-state index contributed by atoms with van der Waals surface area (Å²) in [6.45, 7) is 4.00. The second-order valence-electron chi connectivity index (χ2n) is 5.54. The van der Waals surface area contributed by atoms with Gasteiger partial charge in [-0.2, -0.15) is 25.2 Å². The average molecular weight is 461 g/mol. The normalized spacial score (nSPS) is 9.75. The molecule has 12 heteroatoms. The van der Waals surface area contributed by atoms with Crippen LogP contribution >= 0.6 is 11.6 Å². The van der Waals surface area contributed by atoms with E-state index in [0.29, 0.717) is 10.7 Å². The minimum atomic E-state index is -1.22. The fourth-order valence-electron chi connectivity index (χ4n) is 2.41. The van der Waals surface area contributed by atoms with Crippen LogP contribution in [0.2, 0.25) is 5.02 Å². The van der Waals surface area contributed by atoms with Crippen molar-refractivity contribution in [1.29, 1.82) is 0 Å². The summed E-state index contributed by atoms with van der Waals surface area (Å²) in [4.78, 5) is 23.9. The molecule has 0 aliphatic carbocycles. The predicted octanol–water partition coefficient (Wildman–Crippen LogP) is 3.75. The summed E-state index contributed by atoms with van der Waals surface area (Å²) in [7, 11) is 0. The van der Waals surface area contributed by atoms with Crippen molar-refractivity contribution in [2.24, 2.45) is 0 Å². The molecule has 32 heavy (non-hydrogen) atoms. The van der Waals surface area contributed by atoms with E-state index in [0.717, 1.165) is 10.9 Å². The molecule has 0 spiro atoms. The topological polar surface area (TPSA) is 136 Å². The molecule has 2 aromatic carbocycles. The van der Waals surface area contributed by atoms with Crippen molar-refractivity contribution in [2.75, 3.05) is 0 Å². The van der Waals surface area contributed by atoms with Gasteiger partial charge in [-0.1, -0.05) is 31.5 Å². The number of halogens is 2. The van der Waals surface area contributed by atoms with Crippen LogP contribution in [0.4, 0.5) is 4.39 Å². The van der Waals surface area contributed by atoms with Gasteiger partial charge in [-0.25, -0.2) is 14.0 Å². The molecule has 0 unspecified atom stereocenters. The zero-order valence-electron chi connectivity index (χ0n) is 16.9. The third-order valence-electron chi connectivity index (χ3n) is 3.66. The molecule has 0 radical (unpaired) electrons. The van der Waals surface area contributed by atoms with E-state index in [2.05, 4.69) is 20.4 Å². The molecule has 0 aliphatic rings. The van der Waals surface area contributed by atoms with E-state index in [-0.39, 0.29) is 16.8 Å². The van der Waals surface area contributed by atoms with Crippen molar-refractivity contribution in [3.05, 3.63) is 83.2 Å². The molecule has 4 aromatic rings. The van der Waals surface area contributed by atoms with Crippen LogP contribution in [0, 0.1) is 5.82 Å². The lowest BCUT2D eigenvalue weighted by Crippen LogP contribution is -2.10. The predicted molar refractivity (Wildman–Crippen MR) is 113 cm³/mol. The second kappa shape index (κ2) is 11.3. The van der Waals surface area contributed by atoms with Crippen LogP contribution < -0.4 is 0 Å². The highest BCUT2D eigenvalue weighted by molar-refractivity contribution is 6.30. The van der Waals surface area contributed by atoms with Gasteiger partial charge in [0.25, 0.3) is 0 Å². The molecule has 166 valence electrons. The van der Waals surface area contributed by atoms with E-state index in [4.69, 9.17) is 21.8 Å². The van der Waals surface area contributed by atoms with E-state index in [1.165, 1.54) is 59.9 Å². The highest BCUT2D eigenvalue weighted by atomic mass is 35.5. The van der Waals surface area contributed by atoms with Crippen molar-refractivity contribution >= 4 is 23.5 Å². The van der Waals surface area contributed by atoms with Crippen molar-refractivity contribution in [3.63, 3.8) is 0 Å². The molecule has 0 bridgehead atoms. The number of rotatable bonds is 4. The Kier molecular flexibility index (Phi) is 8.54. The van der Waals surface area contributed by atoms with Crippen molar-refractivity contribution in [1.82, 2.24) is 30.0 Å². The number of nitrogens with zero attached hydrogens (tertiary/aromatic N) is 6. The molecular formula is C20H18ClFN6O4. The Bertz CT molecular complexity index is 1180. The summed E-state index contributed by atoms with van der Waals surface area (Å²) >= 11 is 5.78. The summed E-state index contributed by atoms with van der Waals surface area (Å²) in [5, 5.41) is 33.3. The van der Waals surface area contributed by atoms with Gasteiger partial charge in [0.2, 0.25) is 0 Å². The molecule has 0 saturated heterocycles. The van der Waals surface area contributed by atoms with Crippen LogP contribution in [0.3, 0.4) is 0 Å². The van der Waals surface area contributed by atoms with Gasteiger partial charge in [0, 0.05) is 5.02 Å². The summed E-state index contributed by atoms with van der Waals surface area (Å²) in [5.41, 5.74) is 0.122. The molecular weight excluding hydrogens is 443 g/mol. The van der Waals surface area contributed by atoms with Crippen LogP contribution in [0.25, 0.3) is 11.4 Å². The highest BCUT2D eigenvalue weighted by Gasteiger charge is 2.17. The lowest BCUT2D eigenvalue weighted by Gasteiger charge is -2.05. The Balaban J connectivity index is 0.000000211. The fraction of sp³-hybridized carbons (Fsp3) is 0.100. The SMILES string of the molecule is CC.O=C(O)c1ccc(Cl)cc1-n1nccn1.O=C(O)c1cccc(F)c1-n1nccn1. The van der Waals surface area contributed by atoms with Gasteiger partial charge in [-0.05, 0) is 30.3 Å². The number of carboxylic acid groups (broad SMARTS) is 2. The number of hydrogen-bond donors (Lipinski definition) is 2. The standard InChI is InChI=1S/C9H6ClN3O2.C9H6FN3O2.C2H6/c10-6-1-2-7(9(14)15)8(5-6)13-11-3-4-12-13;10-7-3-1-2-6(9(14)15)8(7)13-11-4-5-12-13;1-2/h2*1-5H,(H,14,15);1-2H3. The van der Waals surface area contributed by atoms with E-state index >= 15 is 0 Å². The first-order valence-electron chi connectivity index (χ1n) is 9.16. The zero-order chi connectivity index (χ0) is 23.7. The first kappa shape index (κ1) is 24.2. The van der Waals surface area contributed by atoms with Gasteiger partial charge in [-0.15, -0.1) is 4.80 Å². The smallest absolute Gasteiger partial charge is 0.338 e. The second-order valence-corrected chi connectivity index (χ2v) is 5.98. The molecule has 4 rings (SSSR count). The van der Waals surface area contributed by atoms with Crippen LogP contribution in [0.1, 0.15) is 34.6 Å². The number of para-hydroxylation sites is 1. The van der Waals surface area contributed by atoms with Crippen LogP contribution in [0.15, 0.2) is 61.2 Å². The molecule has 0 aliphatic heterocycles. The molecule has 10 nitrogen and oxygen atoms in total. The fourth-order valence-corrected chi connectivity index (χ4v) is 2.58. The van der Waals surface area contributed by atoms with E-state index in [1.807, 2.05) is 13.8 Å². The Labute approximate surface area is 186 Å². The number of benzene rings is 2. The molecule has 2 heterocycles. The molecule has 0 fully saturated rings. The summed E-state index contributed by atoms with van der Waals surface area (Å²) < 4.78 is 13.4. The van der Waals surface area contributed by atoms with Crippen molar-refractivity contribution in [2.45, 2.75) is 13.8 Å². The third kappa shape index (κ3) is 5.73.